The van der Waals surface area contributed by atoms with Gasteiger partial charge in [0.1, 0.15) is 0 Å². The standard InChI is InChI=1S/C23H21NO5/c1-14-17-6-3-4-7-18(17)24-15(2)22(14)23(26)29-13-19(25)16-8-9-20-21(12-16)28-11-5-10-27-20/h3-4,6-9,12H,5,10-11,13H2,1-2H3. The Morgan fingerprint density at radius 3 is 2.62 bits per heavy atom. The SMILES string of the molecule is Cc1nc2ccccc2c(C)c1C(=O)OCC(=O)c1ccc2c(c1)OCCCO2. The molecular formula is C23H21NO5. The number of para-hydroxylation sites is 1. The Labute approximate surface area is 168 Å². The van der Waals surface area contributed by atoms with Crippen LogP contribution in [0.15, 0.2) is 42.5 Å². The number of Topliss-reactive ketones (excluding diaryl/α,β-unsaturated/α-hetero) is 1. The molecule has 1 aromatic heterocycles. The van der Waals surface area contributed by atoms with Crippen molar-refractivity contribution >= 4 is 22.7 Å². The Hall–Kier alpha value is -3.41. The summed E-state index contributed by atoms with van der Waals surface area (Å²) in [5.74, 6) is 0.286. The average Bonchev–Trinajstić information content (AvgIpc) is 2.97. The monoisotopic (exact) mass is 391 g/mol. The van der Waals surface area contributed by atoms with Gasteiger partial charge in [0.2, 0.25) is 0 Å². The van der Waals surface area contributed by atoms with Crippen molar-refractivity contribution in [2.24, 2.45) is 0 Å². The summed E-state index contributed by atoms with van der Waals surface area (Å²) in [5.41, 5.74) is 3.00. The minimum Gasteiger partial charge on any atom is -0.490 e. The number of aryl methyl sites for hydroxylation is 2. The van der Waals surface area contributed by atoms with Crippen molar-refractivity contribution in [1.82, 2.24) is 4.98 Å². The Balaban J connectivity index is 1.51. The number of nitrogens with zero attached hydrogens (tertiary/aromatic N) is 1. The first-order chi connectivity index (χ1) is 14.0. The maximum Gasteiger partial charge on any atom is 0.340 e. The van der Waals surface area contributed by atoms with Gasteiger partial charge in [-0.3, -0.25) is 9.78 Å². The van der Waals surface area contributed by atoms with Crippen LogP contribution in [-0.2, 0) is 4.74 Å². The van der Waals surface area contributed by atoms with Gasteiger partial charge in [0.15, 0.2) is 23.9 Å². The molecule has 0 radical (unpaired) electrons. The van der Waals surface area contributed by atoms with E-state index in [1.807, 2.05) is 31.2 Å². The van der Waals surface area contributed by atoms with Crippen LogP contribution in [-0.4, -0.2) is 36.6 Å². The van der Waals surface area contributed by atoms with Gasteiger partial charge in [-0.1, -0.05) is 18.2 Å². The van der Waals surface area contributed by atoms with E-state index in [0.29, 0.717) is 41.5 Å². The van der Waals surface area contributed by atoms with Gasteiger partial charge in [-0.25, -0.2) is 4.79 Å². The van der Waals surface area contributed by atoms with Crippen molar-refractivity contribution in [2.45, 2.75) is 20.3 Å². The van der Waals surface area contributed by atoms with Gasteiger partial charge in [0.25, 0.3) is 0 Å². The van der Waals surface area contributed by atoms with Crippen molar-refractivity contribution < 1.29 is 23.8 Å². The third kappa shape index (κ3) is 3.78. The second-order valence-electron chi connectivity index (χ2n) is 6.93. The molecule has 0 unspecified atom stereocenters. The zero-order valence-electron chi connectivity index (χ0n) is 16.4. The van der Waals surface area contributed by atoms with E-state index in [0.717, 1.165) is 22.9 Å². The maximum absolute atomic E-state index is 12.7. The second-order valence-corrected chi connectivity index (χ2v) is 6.93. The Morgan fingerprint density at radius 1 is 1.03 bits per heavy atom. The molecule has 2 aromatic carbocycles. The van der Waals surface area contributed by atoms with Crippen molar-refractivity contribution in [2.75, 3.05) is 19.8 Å². The van der Waals surface area contributed by atoms with Crippen LogP contribution in [0.25, 0.3) is 10.9 Å². The summed E-state index contributed by atoms with van der Waals surface area (Å²) in [6, 6.07) is 12.6. The normalized spacial score (nSPS) is 13.0. The molecular weight excluding hydrogens is 370 g/mol. The Morgan fingerprint density at radius 2 is 1.79 bits per heavy atom. The first kappa shape index (κ1) is 18.9. The van der Waals surface area contributed by atoms with E-state index in [1.54, 1.807) is 25.1 Å². The molecule has 4 rings (SSSR count). The van der Waals surface area contributed by atoms with Crippen LogP contribution in [0.2, 0.25) is 0 Å². The lowest BCUT2D eigenvalue weighted by Gasteiger charge is -2.12. The number of rotatable bonds is 4. The topological polar surface area (TPSA) is 74.7 Å². The smallest absolute Gasteiger partial charge is 0.340 e. The number of esters is 1. The summed E-state index contributed by atoms with van der Waals surface area (Å²) in [4.78, 5) is 29.7. The molecule has 6 heteroatoms. The highest BCUT2D eigenvalue weighted by Crippen LogP contribution is 2.30. The predicted molar refractivity (Wildman–Crippen MR) is 108 cm³/mol. The third-order valence-corrected chi connectivity index (χ3v) is 4.94. The van der Waals surface area contributed by atoms with Crippen LogP contribution in [0.4, 0.5) is 0 Å². The molecule has 1 aliphatic heterocycles. The lowest BCUT2D eigenvalue weighted by molar-refractivity contribution is 0.0473. The fraction of sp³-hybridized carbons (Fsp3) is 0.261. The molecule has 1 aliphatic rings. The van der Waals surface area contributed by atoms with Crippen molar-refractivity contribution in [1.29, 1.82) is 0 Å². The van der Waals surface area contributed by atoms with E-state index < -0.39 is 5.97 Å². The molecule has 0 saturated heterocycles. The lowest BCUT2D eigenvalue weighted by atomic mass is 10.0. The number of fused-ring (bicyclic) bond motifs is 2. The highest BCUT2D eigenvalue weighted by molar-refractivity contribution is 6.02. The molecule has 3 aromatic rings. The molecule has 0 N–H and O–H groups in total. The highest BCUT2D eigenvalue weighted by atomic mass is 16.5. The summed E-state index contributed by atoms with van der Waals surface area (Å²) < 4.78 is 16.5. The van der Waals surface area contributed by atoms with Crippen LogP contribution in [0, 0.1) is 13.8 Å². The number of ketones is 1. The number of benzene rings is 2. The Kier molecular flexibility index (Phi) is 5.16. The van der Waals surface area contributed by atoms with Crippen molar-refractivity contribution in [3.8, 4) is 11.5 Å². The largest absolute Gasteiger partial charge is 0.490 e. The molecule has 0 amide bonds. The molecule has 0 spiro atoms. The summed E-state index contributed by atoms with van der Waals surface area (Å²) in [7, 11) is 0. The van der Waals surface area contributed by atoms with E-state index in [1.165, 1.54) is 0 Å². The number of pyridine rings is 1. The molecule has 0 bridgehead atoms. The zero-order valence-corrected chi connectivity index (χ0v) is 16.4. The molecule has 29 heavy (non-hydrogen) atoms. The van der Waals surface area contributed by atoms with E-state index in [2.05, 4.69) is 4.98 Å². The summed E-state index contributed by atoms with van der Waals surface area (Å²) >= 11 is 0. The van der Waals surface area contributed by atoms with Gasteiger partial charge in [-0.2, -0.15) is 0 Å². The fourth-order valence-corrected chi connectivity index (χ4v) is 3.45. The molecule has 0 aliphatic carbocycles. The number of aromatic nitrogens is 1. The van der Waals surface area contributed by atoms with Crippen LogP contribution in [0.3, 0.4) is 0 Å². The molecule has 0 fully saturated rings. The molecule has 6 nitrogen and oxygen atoms in total. The molecule has 0 atom stereocenters. The summed E-state index contributed by atoms with van der Waals surface area (Å²) in [5, 5.41) is 0.888. The molecule has 0 saturated carbocycles. The van der Waals surface area contributed by atoms with Gasteiger partial charge in [-0.05, 0) is 43.7 Å². The molecule has 2 heterocycles. The highest BCUT2D eigenvalue weighted by Gasteiger charge is 2.20. The number of hydrogen-bond acceptors (Lipinski definition) is 6. The quantitative estimate of drug-likeness (QED) is 0.493. The predicted octanol–water partition coefficient (Wildman–Crippen LogP) is 4.05. The number of carbonyl (C=O) groups excluding carboxylic acids is 2. The summed E-state index contributed by atoms with van der Waals surface area (Å²) in [6.07, 6.45) is 0.786. The van der Waals surface area contributed by atoms with E-state index in [-0.39, 0.29) is 12.4 Å². The zero-order chi connectivity index (χ0) is 20.4. The molecule has 148 valence electrons. The van der Waals surface area contributed by atoms with Gasteiger partial charge >= 0.3 is 5.97 Å². The van der Waals surface area contributed by atoms with Crippen molar-refractivity contribution in [3.63, 3.8) is 0 Å². The number of carbonyl (C=O) groups is 2. The van der Waals surface area contributed by atoms with Gasteiger partial charge in [0, 0.05) is 17.4 Å². The minimum absolute atomic E-state index is 0.307. The van der Waals surface area contributed by atoms with Gasteiger partial charge in [-0.15, -0.1) is 0 Å². The van der Waals surface area contributed by atoms with Crippen molar-refractivity contribution in [3.05, 3.63) is 64.8 Å². The first-order valence-electron chi connectivity index (χ1n) is 9.50. The van der Waals surface area contributed by atoms with E-state index in [9.17, 15) is 9.59 Å². The van der Waals surface area contributed by atoms with Gasteiger partial charge in [0.05, 0.1) is 30.0 Å². The minimum atomic E-state index is -0.555. The fourth-order valence-electron chi connectivity index (χ4n) is 3.45. The van der Waals surface area contributed by atoms with E-state index in [4.69, 9.17) is 14.2 Å². The van der Waals surface area contributed by atoms with Crippen LogP contribution >= 0.6 is 0 Å². The third-order valence-electron chi connectivity index (χ3n) is 4.94. The van der Waals surface area contributed by atoms with Crippen LogP contribution in [0.5, 0.6) is 11.5 Å². The van der Waals surface area contributed by atoms with Gasteiger partial charge < -0.3 is 14.2 Å². The average molecular weight is 391 g/mol. The first-order valence-corrected chi connectivity index (χ1v) is 9.50. The number of hydrogen-bond donors (Lipinski definition) is 0. The lowest BCUT2D eigenvalue weighted by Crippen LogP contribution is -2.17. The van der Waals surface area contributed by atoms with Crippen LogP contribution < -0.4 is 9.47 Å². The van der Waals surface area contributed by atoms with E-state index >= 15 is 0 Å². The van der Waals surface area contributed by atoms with Crippen LogP contribution in [0.1, 0.15) is 38.4 Å². The Bertz CT molecular complexity index is 1110. The summed E-state index contributed by atoms with van der Waals surface area (Å²) in [6.45, 7) is 4.38. The maximum atomic E-state index is 12.7. The number of ether oxygens (including phenoxy) is 3. The second kappa shape index (κ2) is 7.91.